The second-order valence-corrected chi connectivity index (χ2v) is 4.93. The molecule has 0 aromatic heterocycles. The Kier molecular flexibility index (Phi) is 3.24. The molecule has 0 fully saturated rings. The highest BCUT2D eigenvalue weighted by atomic mass is 32.2. The normalized spacial score (nSPS) is 10.9. The molecule has 4 nitrogen and oxygen atoms in total. The SMILES string of the molecule is CS(=O)(=O)c1cccc(CNC=O)c1. The van der Waals surface area contributed by atoms with Gasteiger partial charge < -0.3 is 5.32 Å². The lowest BCUT2D eigenvalue weighted by Gasteiger charge is -2.02. The summed E-state index contributed by atoms with van der Waals surface area (Å²) < 4.78 is 22.3. The van der Waals surface area contributed by atoms with E-state index in [9.17, 15) is 13.2 Å². The van der Waals surface area contributed by atoms with Crippen LogP contribution in [0.4, 0.5) is 0 Å². The van der Waals surface area contributed by atoms with Gasteiger partial charge in [-0.3, -0.25) is 4.79 Å². The first-order valence-corrected chi connectivity index (χ1v) is 5.89. The molecule has 0 saturated heterocycles. The molecule has 14 heavy (non-hydrogen) atoms. The minimum absolute atomic E-state index is 0.266. The van der Waals surface area contributed by atoms with Crippen LogP contribution in [0.3, 0.4) is 0 Å². The Morgan fingerprint density at radius 3 is 2.71 bits per heavy atom. The predicted molar refractivity (Wildman–Crippen MR) is 52.5 cm³/mol. The summed E-state index contributed by atoms with van der Waals surface area (Å²) in [5.74, 6) is 0. The maximum atomic E-state index is 11.2. The molecular weight excluding hydrogens is 202 g/mol. The number of carbonyl (C=O) groups is 1. The standard InChI is InChI=1S/C9H11NO3S/c1-14(12,13)9-4-2-3-8(5-9)6-10-7-11/h2-5,7H,6H2,1H3,(H,10,11). The van der Waals surface area contributed by atoms with Gasteiger partial charge in [-0.05, 0) is 17.7 Å². The highest BCUT2D eigenvalue weighted by molar-refractivity contribution is 7.90. The minimum atomic E-state index is -3.17. The van der Waals surface area contributed by atoms with E-state index in [1.54, 1.807) is 18.2 Å². The minimum Gasteiger partial charge on any atom is -0.355 e. The summed E-state index contributed by atoms with van der Waals surface area (Å²) in [6, 6.07) is 6.48. The van der Waals surface area contributed by atoms with Gasteiger partial charge in [0.25, 0.3) is 0 Å². The van der Waals surface area contributed by atoms with Crippen molar-refractivity contribution in [1.82, 2.24) is 5.32 Å². The number of hydrogen-bond donors (Lipinski definition) is 1. The lowest BCUT2D eigenvalue weighted by molar-refractivity contribution is -0.109. The molecule has 1 rings (SSSR count). The monoisotopic (exact) mass is 213 g/mol. The molecular formula is C9H11NO3S. The first kappa shape index (κ1) is 10.7. The summed E-state index contributed by atoms with van der Waals surface area (Å²) in [5.41, 5.74) is 0.764. The summed E-state index contributed by atoms with van der Waals surface area (Å²) in [7, 11) is -3.17. The molecule has 1 aromatic carbocycles. The average Bonchev–Trinajstić information content (AvgIpc) is 2.14. The van der Waals surface area contributed by atoms with Crippen molar-refractivity contribution in [2.45, 2.75) is 11.4 Å². The lowest BCUT2D eigenvalue weighted by atomic mass is 10.2. The smallest absolute Gasteiger partial charge is 0.207 e. The predicted octanol–water partition coefficient (Wildman–Crippen LogP) is 0.336. The molecule has 1 aromatic rings. The molecule has 5 heteroatoms. The van der Waals surface area contributed by atoms with Crippen molar-refractivity contribution in [3.05, 3.63) is 29.8 Å². The summed E-state index contributed by atoms with van der Waals surface area (Å²) in [5, 5.41) is 2.47. The first-order valence-electron chi connectivity index (χ1n) is 4.00. The van der Waals surface area contributed by atoms with Crippen LogP contribution in [-0.2, 0) is 21.2 Å². The van der Waals surface area contributed by atoms with Crippen molar-refractivity contribution >= 4 is 16.2 Å². The van der Waals surface area contributed by atoms with Crippen molar-refractivity contribution < 1.29 is 13.2 Å². The van der Waals surface area contributed by atoms with Crippen LogP contribution in [0.15, 0.2) is 29.2 Å². The summed E-state index contributed by atoms with van der Waals surface area (Å²) >= 11 is 0. The van der Waals surface area contributed by atoms with Crippen LogP contribution in [-0.4, -0.2) is 21.1 Å². The fourth-order valence-corrected chi connectivity index (χ4v) is 1.74. The van der Waals surface area contributed by atoms with Gasteiger partial charge in [-0.2, -0.15) is 0 Å². The zero-order valence-corrected chi connectivity index (χ0v) is 8.54. The van der Waals surface area contributed by atoms with Gasteiger partial charge >= 0.3 is 0 Å². The van der Waals surface area contributed by atoms with Gasteiger partial charge in [0.05, 0.1) is 4.90 Å². The Morgan fingerprint density at radius 1 is 1.43 bits per heavy atom. The van der Waals surface area contributed by atoms with Crippen LogP contribution in [0.5, 0.6) is 0 Å². The quantitative estimate of drug-likeness (QED) is 0.733. The van der Waals surface area contributed by atoms with Crippen molar-refractivity contribution in [3.8, 4) is 0 Å². The molecule has 0 saturated carbocycles. The summed E-state index contributed by atoms with van der Waals surface area (Å²) in [4.78, 5) is 10.3. The van der Waals surface area contributed by atoms with Crippen LogP contribution < -0.4 is 5.32 Å². The van der Waals surface area contributed by atoms with Crippen molar-refractivity contribution in [2.24, 2.45) is 0 Å². The molecule has 0 atom stereocenters. The molecule has 0 heterocycles. The molecule has 76 valence electrons. The van der Waals surface area contributed by atoms with E-state index in [0.717, 1.165) is 11.8 Å². The number of rotatable bonds is 4. The molecule has 0 aliphatic heterocycles. The number of amides is 1. The molecule has 1 N–H and O–H groups in total. The van der Waals surface area contributed by atoms with E-state index in [4.69, 9.17) is 0 Å². The molecule has 0 radical (unpaired) electrons. The Balaban J connectivity index is 2.95. The van der Waals surface area contributed by atoms with E-state index in [1.807, 2.05) is 0 Å². The van der Waals surface area contributed by atoms with E-state index < -0.39 is 9.84 Å². The Morgan fingerprint density at radius 2 is 2.14 bits per heavy atom. The topological polar surface area (TPSA) is 63.2 Å². The van der Waals surface area contributed by atoms with Crippen LogP contribution in [0.25, 0.3) is 0 Å². The van der Waals surface area contributed by atoms with Crippen LogP contribution in [0.1, 0.15) is 5.56 Å². The molecule has 0 bridgehead atoms. The second kappa shape index (κ2) is 4.23. The van der Waals surface area contributed by atoms with Gasteiger partial charge in [0.1, 0.15) is 0 Å². The molecule has 0 aliphatic carbocycles. The zero-order chi connectivity index (χ0) is 10.6. The maximum absolute atomic E-state index is 11.2. The zero-order valence-electron chi connectivity index (χ0n) is 7.73. The number of sulfone groups is 1. The van der Waals surface area contributed by atoms with E-state index in [2.05, 4.69) is 5.32 Å². The Hall–Kier alpha value is -1.36. The van der Waals surface area contributed by atoms with E-state index >= 15 is 0 Å². The van der Waals surface area contributed by atoms with E-state index in [1.165, 1.54) is 6.07 Å². The van der Waals surface area contributed by atoms with Gasteiger partial charge in [-0.15, -0.1) is 0 Å². The number of hydrogen-bond acceptors (Lipinski definition) is 3. The number of benzene rings is 1. The number of nitrogens with one attached hydrogen (secondary N) is 1. The number of carbonyl (C=O) groups excluding carboxylic acids is 1. The first-order chi connectivity index (χ1) is 6.54. The van der Waals surface area contributed by atoms with Gasteiger partial charge in [-0.1, -0.05) is 12.1 Å². The van der Waals surface area contributed by atoms with Gasteiger partial charge in [-0.25, -0.2) is 8.42 Å². The van der Waals surface area contributed by atoms with Crippen molar-refractivity contribution in [1.29, 1.82) is 0 Å². The molecule has 0 unspecified atom stereocenters. The third-order valence-corrected chi connectivity index (χ3v) is 2.83. The second-order valence-electron chi connectivity index (χ2n) is 2.92. The summed E-state index contributed by atoms with van der Waals surface area (Å²) in [6.07, 6.45) is 1.73. The lowest BCUT2D eigenvalue weighted by Crippen LogP contribution is -2.10. The van der Waals surface area contributed by atoms with Crippen LogP contribution in [0.2, 0.25) is 0 Å². The third kappa shape index (κ3) is 2.85. The fourth-order valence-electron chi connectivity index (χ4n) is 1.05. The molecule has 1 amide bonds. The van der Waals surface area contributed by atoms with Crippen molar-refractivity contribution in [3.63, 3.8) is 0 Å². The maximum Gasteiger partial charge on any atom is 0.207 e. The Bertz CT molecular complexity index is 425. The van der Waals surface area contributed by atoms with E-state index in [0.29, 0.717) is 13.0 Å². The third-order valence-electron chi connectivity index (χ3n) is 1.72. The van der Waals surface area contributed by atoms with Gasteiger partial charge in [0, 0.05) is 12.8 Å². The molecule has 0 spiro atoms. The Labute approximate surface area is 82.9 Å². The fraction of sp³-hybridized carbons (Fsp3) is 0.222. The largest absolute Gasteiger partial charge is 0.355 e. The van der Waals surface area contributed by atoms with Gasteiger partial charge in [0.2, 0.25) is 6.41 Å². The molecule has 0 aliphatic rings. The van der Waals surface area contributed by atoms with Crippen LogP contribution >= 0.6 is 0 Å². The van der Waals surface area contributed by atoms with Gasteiger partial charge in [0.15, 0.2) is 9.84 Å². The highest BCUT2D eigenvalue weighted by Crippen LogP contribution is 2.10. The summed E-state index contributed by atoms with van der Waals surface area (Å²) in [6.45, 7) is 0.340. The average molecular weight is 213 g/mol. The highest BCUT2D eigenvalue weighted by Gasteiger charge is 2.06. The van der Waals surface area contributed by atoms with Crippen molar-refractivity contribution in [2.75, 3.05) is 6.26 Å². The van der Waals surface area contributed by atoms with Crippen LogP contribution in [0, 0.1) is 0 Å². The van der Waals surface area contributed by atoms with E-state index in [-0.39, 0.29) is 4.90 Å².